The number of hydrogen-bond acceptors (Lipinski definition) is 3. The second-order valence-electron chi connectivity index (χ2n) is 5.07. The molecule has 4 nitrogen and oxygen atoms in total. The predicted octanol–water partition coefficient (Wildman–Crippen LogP) is 3.24. The molecule has 110 valence electrons. The molecule has 0 unspecified atom stereocenters. The van der Waals surface area contributed by atoms with Crippen LogP contribution in [0.25, 0.3) is 17.8 Å². The third-order valence-corrected chi connectivity index (χ3v) is 3.44. The Bertz CT molecular complexity index is 774. The molecule has 0 aliphatic heterocycles. The van der Waals surface area contributed by atoms with Gasteiger partial charge < -0.3 is 5.11 Å². The highest BCUT2D eigenvalue weighted by Gasteiger charge is 2.10. The van der Waals surface area contributed by atoms with E-state index < -0.39 is 0 Å². The van der Waals surface area contributed by atoms with E-state index in [9.17, 15) is 5.11 Å². The molecule has 0 bridgehead atoms. The molecule has 0 aliphatic rings. The SMILES string of the molecule is Cc1ccc(/C=C/c2c(CO)nnn2-c2ccccc2)cc1. The van der Waals surface area contributed by atoms with Crippen LogP contribution in [0.2, 0.25) is 0 Å². The topological polar surface area (TPSA) is 50.9 Å². The third kappa shape index (κ3) is 2.97. The van der Waals surface area contributed by atoms with Gasteiger partial charge in [0, 0.05) is 0 Å². The molecule has 22 heavy (non-hydrogen) atoms. The fourth-order valence-corrected chi connectivity index (χ4v) is 2.21. The molecule has 4 heteroatoms. The summed E-state index contributed by atoms with van der Waals surface area (Å²) in [5.41, 5.74) is 4.58. The van der Waals surface area contributed by atoms with Gasteiger partial charge in [-0.1, -0.05) is 59.3 Å². The Morgan fingerprint density at radius 3 is 2.41 bits per heavy atom. The van der Waals surface area contributed by atoms with Crippen molar-refractivity contribution in [3.05, 3.63) is 77.1 Å². The summed E-state index contributed by atoms with van der Waals surface area (Å²) < 4.78 is 1.73. The lowest BCUT2D eigenvalue weighted by atomic mass is 10.1. The maximum Gasteiger partial charge on any atom is 0.116 e. The molecule has 0 amide bonds. The maximum atomic E-state index is 9.46. The van der Waals surface area contributed by atoms with Crippen LogP contribution in [0.1, 0.15) is 22.5 Å². The molecule has 0 atom stereocenters. The molecule has 2 aromatic carbocycles. The van der Waals surface area contributed by atoms with Crippen molar-refractivity contribution in [2.45, 2.75) is 13.5 Å². The van der Waals surface area contributed by atoms with Crippen LogP contribution in [-0.2, 0) is 6.61 Å². The monoisotopic (exact) mass is 291 g/mol. The highest BCUT2D eigenvalue weighted by Crippen LogP contribution is 2.16. The fraction of sp³-hybridized carbons (Fsp3) is 0.111. The van der Waals surface area contributed by atoms with Crippen LogP contribution in [0, 0.1) is 6.92 Å². The first-order chi connectivity index (χ1) is 10.8. The van der Waals surface area contributed by atoms with Crippen molar-refractivity contribution in [3.8, 4) is 5.69 Å². The second kappa shape index (κ2) is 6.37. The van der Waals surface area contributed by atoms with Crippen molar-refractivity contribution in [2.75, 3.05) is 0 Å². The Morgan fingerprint density at radius 2 is 1.73 bits per heavy atom. The highest BCUT2D eigenvalue weighted by molar-refractivity contribution is 5.69. The second-order valence-corrected chi connectivity index (χ2v) is 5.07. The van der Waals surface area contributed by atoms with Crippen molar-refractivity contribution >= 4 is 12.2 Å². The number of nitrogens with zero attached hydrogens (tertiary/aromatic N) is 3. The van der Waals surface area contributed by atoms with Gasteiger partial charge >= 0.3 is 0 Å². The first-order valence-corrected chi connectivity index (χ1v) is 7.13. The smallest absolute Gasteiger partial charge is 0.116 e. The number of aromatic nitrogens is 3. The zero-order valence-corrected chi connectivity index (χ0v) is 12.3. The van der Waals surface area contributed by atoms with Gasteiger partial charge in [0.2, 0.25) is 0 Å². The Morgan fingerprint density at radius 1 is 1.00 bits per heavy atom. The molecule has 0 saturated heterocycles. The molecule has 0 radical (unpaired) electrons. The van der Waals surface area contributed by atoms with E-state index in [0.29, 0.717) is 5.69 Å². The molecule has 0 spiro atoms. The number of aryl methyl sites for hydroxylation is 1. The summed E-state index contributed by atoms with van der Waals surface area (Å²) in [5.74, 6) is 0. The summed E-state index contributed by atoms with van der Waals surface area (Å²) in [5, 5.41) is 17.7. The van der Waals surface area contributed by atoms with Gasteiger partial charge in [-0.05, 0) is 30.7 Å². The average molecular weight is 291 g/mol. The van der Waals surface area contributed by atoms with E-state index >= 15 is 0 Å². The van der Waals surface area contributed by atoms with Gasteiger partial charge in [0.15, 0.2) is 0 Å². The minimum atomic E-state index is -0.138. The minimum Gasteiger partial charge on any atom is -0.390 e. The Hall–Kier alpha value is -2.72. The molecule has 1 heterocycles. The molecule has 1 N–H and O–H groups in total. The summed E-state index contributed by atoms with van der Waals surface area (Å²) in [6.45, 7) is 1.92. The van der Waals surface area contributed by atoms with Crippen LogP contribution < -0.4 is 0 Å². The van der Waals surface area contributed by atoms with Crippen LogP contribution in [0.4, 0.5) is 0 Å². The fourth-order valence-electron chi connectivity index (χ4n) is 2.21. The van der Waals surface area contributed by atoms with E-state index in [1.807, 2.05) is 42.5 Å². The minimum absolute atomic E-state index is 0.138. The van der Waals surface area contributed by atoms with E-state index in [1.165, 1.54) is 5.56 Å². The van der Waals surface area contributed by atoms with Crippen LogP contribution in [0.15, 0.2) is 54.6 Å². The summed E-state index contributed by atoms with van der Waals surface area (Å²) >= 11 is 0. The summed E-state index contributed by atoms with van der Waals surface area (Å²) in [6.07, 6.45) is 3.93. The Balaban J connectivity index is 1.98. The number of aliphatic hydroxyl groups excluding tert-OH is 1. The molecule has 0 saturated carbocycles. The highest BCUT2D eigenvalue weighted by atomic mass is 16.3. The number of benzene rings is 2. The quantitative estimate of drug-likeness (QED) is 0.803. The molecular formula is C18H17N3O. The Labute approximate surface area is 129 Å². The first kappa shape index (κ1) is 14.2. The molecule has 0 aliphatic carbocycles. The van der Waals surface area contributed by atoms with E-state index in [-0.39, 0.29) is 6.61 Å². The van der Waals surface area contributed by atoms with Crippen molar-refractivity contribution in [1.29, 1.82) is 0 Å². The van der Waals surface area contributed by atoms with Crippen LogP contribution in [0.5, 0.6) is 0 Å². The zero-order chi connectivity index (χ0) is 15.4. The molecule has 1 aromatic heterocycles. The molecule has 3 rings (SSSR count). The molecule has 3 aromatic rings. The van der Waals surface area contributed by atoms with Gasteiger partial charge in [-0.2, -0.15) is 0 Å². The van der Waals surface area contributed by atoms with E-state index in [1.54, 1.807) is 4.68 Å². The van der Waals surface area contributed by atoms with Crippen molar-refractivity contribution in [3.63, 3.8) is 0 Å². The lowest BCUT2D eigenvalue weighted by Gasteiger charge is -2.03. The van der Waals surface area contributed by atoms with Gasteiger partial charge in [-0.15, -0.1) is 5.10 Å². The summed E-state index contributed by atoms with van der Waals surface area (Å²) in [6, 6.07) is 18.0. The number of rotatable bonds is 4. The molecule has 0 fully saturated rings. The normalized spacial score (nSPS) is 11.2. The predicted molar refractivity (Wildman–Crippen MR) is 87.4 cm³/mol. The summed E-state index contributed by atoms with van der Waals surface area (Å²) in [4.78, 5) is 0. The number of para-hydroxylation sites is 1. The van der Waals surface area contributed by atoms with E-state index in [4.69, 9.17) is 0 Å². The van der Waals surface area contributed by atoms with E-state index in [0.717, 1.165) is 16.9 Å². The van der Waals surface area contributed by atoms with Crippen molar-refractivity contribution in [1.82, 2.24) is 15.0 Å². The van der Waals surface area contributed by atoms with Gasteiger partial charge in [0.1, 0.15) is 5.69 Å². The van der Waals surface area contributed by atoms with Gasteiger partial charge in [0.25, 0.3) is 0 Å². The lowest BCUT2D eigenvalue weighted by Crippen LogP contribution is -1.99. The average Bonchev–Trinajstić information content (AvgIpc) is 2.98. The van der Waals surface area contributed by atoms with Gasteiger partial charge in [-0.25, -0.2) is 4.68 Å². The lowest BCUT2D eigenvalue weighted by molar-refractivity contribution is 0.276. The van der Waals surface area contributed by atoms with Crippen molar-refractivity contribution in [2.24, 2.45) is 0 Å². The summed E-state index contributed by atoms with van der Waals surface area (Å²) in [7, 11) is 0. The van der Waals surface area contributed by atoms with E-state index in [2.05, 4.69) is 41.5 Å². The number of hydrogen-bond donors (Lipinski definition) is 1. The van der Waals surface area contributed by atoms with Gasteiger partial charge in [-0.3, -0.25) is 0 Å². The Kier molecular flexibility index (Phi) is 4.12. The maximum absolute atomic E-state index is 9.46. The third-order valence-electron chi connectivity index (χ3n) is 3.44. The largest absolute Gasteiger partial charge is 0.390 e. The van der Waals surface area contributed by atoms with Crippen molar-refractivity contribution < 1.29 is 5.11 Å². The van der Waals surface area contributed by atoms with Crippen LogP contribution >= 0.6 is 0 Å². The van der Waals surface area contributed by atoms with Crippen LogP contribution in [-0.4, -0.2) is 20.1 Å². The van der Waals surface area contributed by atoms with Crippen LogP contribution in [0.3, 0.4) is 0 Å². The number of aliphatic hydroxyl groups is 1. The first-order valence-electron chi connectivity index (χ1n) is 7.13. The molecular weight excluding hydrogens is 274 g/mol. The van der Waals surface area contributed by atoms with Gasteiger partial charge in [0.05, 0.1) is 18.0 Å². The standard InChI is InChI=1S/C18H17N3O/c1-14-7-9-15(10-8-14)11-12-18-17(13-22)19-20-21(18)16-5-3-2-4-6-16/h2-12,22H,13H2,1H3/b12-11+. The zero-order valence-electron chi connectivity index (χ0n) is 12.3.